The summed E-state index contributed by atoms with van der Waals surface area (Å²) in [5.41, 5.74) is 3.19. The fraction of sp³-hybridized carbons (Fsp3) is 0.500. The van der Waals surface area contributed by atoms with Gasteiger partial charge in [0.1, 0.15) is 0 Å². The number of amides is 1. The SMILES string of the molecule is Cc1ccccc1-c1ccc(N2CCC[C@H](C(=O)NCCC(C)C)C2)nn1. The minimum atomic E-state index is 0.0313. The van der Waals surface area contributed by atoms with E-state index in [-0.39, 0.29) is 11.8 Å². The van der Waals surface area contributed by atoms with Gasteiger partial charge in [-0.15, -0.1) is 10.2 Å². The van der Waals surface area contributed by atoms with Crippen molar-refractivity contribution in [3.63, 3.8) is 0 Å². The van der Waals surface area contributed by atoms with E-state index in [4.69, 9.17) is 0 Å². The molecule has 1 aromatic heterocycles. The average Bonchev–Trinajstić information content (AvgIpc) is 2.68. The molecular formula is C22H30N4O. The van der Waals surface area contributed by atoms with Crippen molar-refractivity contribution in [3.05, 3.63) is 42.0 Å². The van der Waals surface area contributed by atoms with Gasteiger partial charge in [-0.25, -0.2) is 0 Å². The summed E-state index contributed by atoms with van der Waals surface area (Å²) >= 11 is 0. The van der Waals surface area contributed by atoms with E-state index in [0.29, 0.717) is 12.5 Å². The second-order valence-electron chi connectivity index (χ2n) is 7.85. The van der Waals surface area contributed by atoms with Gasteiger partial charge >= 0.3 is 0 Å². The first-order valence-corrected chi connectivity index (χ1v) is 9.97. The zero-order valence-electron chi connectivity index (χ0n) is 16.6. The van der Waals surface area contributed by atoms with Crippen LogP contribution < -0.4 is 10.2 Å². The van der Waals surface area contributed by atoms with Gasteiger partial charge in [0, 0.05) is 25.2 Å². The number of anilines is 1. The number of piperidine rings is 1. The number of hydrogen-bond acceptors (Lipinski definition) is 4. The molecule has 0 bridgehead atoms. The van der Waals surface area contributed by atoms with Crippen LogP contribution in [0.1, 0.15) is 38.7 Å². The molecule has 0 spiro atoms. The Morgan fingerprint density at radius 1 is 1.22 bits per heavy atom. The Balaban J connectivity index is 1.62. The van der Waals surface area contributed by atoms with Crippen LogP contribution in [-0.4, -0.2) is 35.7 Å². The predicted octanol–water partition coefficient (Wildman–Crippen LogP) is 3.83. The summed E-state index contributed by atoms with van der Waals surface area (Å²) in [6.07, 6.45) is 2.97. The van der Waals surface area contributed by atoms with Crippen LogP contribution in [0.15, 0.2) is 36.4 Å². The van der Waals surface area contributed by atoms with Crippen LogP contribution in [0.4, 0.5) is 5.82 Å². The summed E-state index contributed by atoms with van der Waals surface area (Å²) in [6, 6.07) is 12.2. The van der Waals surface area contributed by atoms with Crippen LogP contribution in [0.2, 0.25) is 0 Å². The van der Waals surface area contributed by atoms with Crippen LogP contribution in [0.25, 0.3) is 11.3 Å². The van der Waals surface area contributed by atoms with Gasteiger partial charge in [0.05, 0.1) is 11.6 Å². The minimum Gasteiger partial charge on any atom is -0.356 e. The Hall–Kier alpha value is -2.43. The number of carbonyl (C=O) groups excluding carboxylic acids is 1. The summed E-state index contributed by atoms with van der Waals surface area (Å²) in [6.45, 7) is 8.83. The molecule has 0 saturated carbocycles. The standard InChI is InChI=1S/C22H30N4O/c1-16(2)12-13-23-22(27)18-8-6-14-26(15-18)21-11-10-20(24-25-21)19-9-5-4-7-17(19)3/h4-5,7,9-11,16,18H,6,8,12-15H2,1-3H3,(H,23,27)/t18-/m0/s1. The molecule has 1 N–H and O–H groups in total. The van der Waals surface area contributed by atoms with E-state index in [9.17, 15) is 4.79 Å². The van der Waals surface area contributed by atoms with E-state index in [1.807, 2.05) is 24.3 Å². The first-order chi connectivity index (χ1) is 13.0. The van der Waals surface area contributed by atoms with Crippen molar-refractivity contribution >= 4 is 11.7 Å². The van der Waals surface area contributed by atoms with Crippen molar-refractivity contribution in [2.24, 2.45) is 11.8 Å². The van der Waals surface area contributed by atoms with Crippen LogP contribution in [0.3, 0.4) is 0 Å². The Morgan fingerprint density at radius 3 is 2.74 bits per heavy atom. The zero-order valence-corrected chi connectivity index (χ0v) is 16.6. The molecule has 5 heteroatoms. The summed E-state index contributed by atoms with van der Waals surface area (Å²) in [5, 5.41) is 12.0. The molecule has 1 aliphatic rings. The number of benzene rings is 1. The third kappa shape index (κ3) is 5.06. The lowest BCUT2D eigenvalue weighted by molar-refractivity contribution is -0.125. The van der Waals surface area contributed by atoms with Crippen molar-refractivity contribution < 1.29 is 4.79 Å². The molecule has 1 saturated heterocycles. The van der Waals surface area contributed by atoms with Crippen LogP contribution in [0, 0.1) is 18.8 Å². The highest BCUT2D eigenvalue weighted by atomic mass is 16.1. The van der Waals surface area contributed by atoms with Gasteiger partial charge in [0.15, 0.2) is 5.82 Å². The van der Waals surface area contributed by atoms with E-state index < -0.39 is 0 Å². The number of nitrogens with one attached hydrogen (secondary N) is 1. The third-order valence-electron chi connectivity index (χ3n) is 5.21. The van der Waals surface area contributed by atoms with Crippen molar-refractivity contribution in [2.75, 3.05) is 24.5 Å². The number of aromatic nitrogens is 2. The molecule has 144 valence electrons. The van der Waals surface area contributed by atoms with Gasteiger partial charge in [-0.2, -0.15) is 0 Å². The van der Waals surface area contributed by atoms with Crippen LogP contribution in [0.5, 0.6) is 0 Å². The zero-order chi connectivity index (χ0) is 19.2. The molecule has 1 aromatic carbocycles. The summed E-state index contributed by atoms with van der Waals surface area (Å²) in [4.78, 5) is 14.6. The Bertz CT molecular complexity index is 757. The van der Waals surface area contributed by atoms with E-state index in [2.05, 4.69) is 53.3 Å². The summed E-state index contributed by atoms with van der Waals surface area (Å²) < 4.78 is 0. The summed E-state index contributed by atoms with van der Waals surface area (Å²) in [7, 11) is 0. The molecular weight excluding hydrogens is 336 g/mol. The van der Waals surface area contributed by atoms with Gasteiger partial charge in [0.2, 0.25) is 5.91 Å². The first-order valence-electron chi connectivity index (χ1n) is 9.97. The second kappa shape index (κ2) is 8.98. The predicted molar refractivity (Wildman–Crippen MR) is 110 cm³/mol. The Morgan fingerprint density at radius 2 is 2.04 bits per heavy atom. The lowest BCUT2D eigenvalue weighted by atomic mass is 9.97. The quantitative estimate of drug-likeness (QED) is 0.844. The monoisotopic (exact) mass is 366 g/mol. The highest BCUT2D eigenvalue weighted by Crippen LogP contribution is 2.24. The highest BCUT2D eigenvalue weighted by Gasteiger charge is 2.26. The first kappa shape index (κ1) is 19.3. The topological polar surface area (TPSA) is 58.1 Å². The number of nitrogens with zero attached hydrogens (tertiary/aromatic N) is 3. The maximum atomic E-state index is 12.5. The molecule has 0 aliphatic carbocycles. The van der Waals surface area contributed by atoms with Gasteiger partial charge in [-0.3, -0.25) is 4.79 Å². The minimum absolute atomic E-state index is 0.0313. The lowest BCUT2D eigenvalue weighted by Gasteiger charge is -2.32. The van der Waals surface area contributed by atoms with E-state index in [0.717, 1.165) is 49.4 Å². The molecule has 27 heavy (non-hydrogen) atoms. The van der Waals surface area contributed by atoms with E-state index in [1.54, 1.807) is 0 Å². The van der Waals surface area contributed by atoms with Gasteiger partial charge in [0.25, 0.3) is 0 Å². The van der Waals surface area contributed by atoms with Crippen molar-refractivity contribution in [1.29, 1.82) is 0 Å². The Kier molecular flexibility index (Phi) is 6.43. The maximum absolute atomic E-state index is 12.5. The smallest absolute Gasteiger partial charge is 0.224 e. The number of carbonyl (C=O) groups is 1. The molecule has 1 aliphatic heterocycles. The number of aryl methyl sites for hydroxylation is 1. The van der Waals surface area contributed by atoms with E-state index in [1.165, 1.54) is 5.56 Å². The van der Waals surface area contributed by atoms with Crippen molar-refractivity contribution in [2.45, 2.75) is 40.0 Å². The summed E-state index contributed by atoms with van der Waals surface area (Å²) in [5.74, 6) is 1.66. The van der Waals surface area contributed by atoms with Gasteiger partial charge in [-0.1, -0.05) is 38.1 Å². The molecule has 1 atom stereocenters. The fourth-order valence-electron chi connectivity index (χ4n) is 3.53. The number of hydrogen-bond donors (Lipinski definition) is 1. The fourth-order valence-corrected chi connectivity index (χ4v) is 3.53. The maximum Gasteiger partial charge on any atom is 0.224 e. The van der Waals surface area contributed by atoms with Crippen molar-refractivity contribution in [1.82, 2.24) is 15.5 Å². The van der Waals surface area contributed by atoms with Crippen LogP contribution in [-0.2, 0) is 4.79 Å². The normalized spacial score (nSPS) is 17.2. The molecule has 2 aromatic rings. The molecule has 1 amide bonds. The van der Waals surface area contributed by atoms with E-state index >= 15 is 0 Å². The molecule has 1 fully saturated rings. The highest BCUT2D eigenvalue weighted by molar-refractivity contribution is 5.79. The Labute approximate surface area is 162 Å². The van der Waals surface area contributed by atoms with Crippen LogP contribution >= 0.6 is 0 Å². The molecule has 0 radical (unpaired) electrons. The molecule has 2 heterocycles. The third-order valence-corrected chi connectivity index (χ3v) is 5.21. The lowest BCUT2D eigenvalue weighted by Crippen LogP contribution is -2.43. The largest absolute Gasteiger partial charge is 0.356 e. The second-order valence-corrected chi connectivity index (χ2v) is 7.85. The van der Waals surface area contributed by atoms with Gasteiger partial charge < -0.3 is 10.2 Å². The molecule has 3 rings (SSSR count). The number of rotatable bonds is 6. The average molecular weight is 367 g/mol. The molecule has 0 unspecified atom stereocenters. The van der Waals surface area contributed by atoms with Crippen molar-refractivity contribution in [3.8, 4) is 11.3 Å². The molecule has 5 nitrogen and oxygen atoms in total. The van der Waals surface area contributed by atoms with Gasteiger partial charge in [-0.05, 0) is 49.8 Å².